The molecule has 0 aliphatic rings. The number of likely N-dealkylation sites (N-methyl/N-ethyl adjacent to an activating group) is 1. The molecule has 0 bridgehead atoms. The van der Waals surface area contributed by atoms with Crippen molar-refractivity contribution in [1.29, 1.82) is 0 Å². The molecule has 0 aliphatic carbocycles. The summed E-state index contributed by atoms with van der Waals surface area (Å²) >= 11 is 1.47. The quantitative estimate of drug-likeness (QED) is 0.339. The summed E-state index contributed by atoms with van der Waals surface area (Å²) in [6.45, 7) is 10.7. The molecule has 184 valence electrons. The van der Waals surface area contributed by atoms with Crippen LogP contribution < -0.4 is 15.5 Å². The SMILES string of the molecule is CCc1ccc(-c2nc3sc(N(C)CC(=O)NC(C)c4ccccc4)nn3c2NC(C)(C)C)cc1. The van der Waals surface area contributed by atoms with Gasteiger partial charge in [-0.2, -0.15) is 4.52 Å². The summed E-state index contributed by atoms with van der Waals surface area (Å²) in [6, 6.07) is 18.4. The number of carbonyl (C=O) groups is 1. The molecule has 0 radical (unpaired) electrons. The number of nitrogens with zero attached hydrogens (tertiary/aromatic N) is 4. The molecule has 0 aliphatic heterocycles. The van der Waals surface area contributed by atoms with Crippen molar-refractivity contribution in [2.45, 2.75) is 52.6 Å². The normalized spacial score (nSPS) is 12.5. The van der Waals surface area contributed by atoms with Gasteiger partial charge >= 0.3 is 0 Å². The minimum Gasteiger partial charge on any atom is -0.364 e. The molecule has 4 aromatic rings. The molecular weight excluding hydrogens is 456 g/mol. The first-order chi connectivity index (χ1) is 16.6. The Hall–Kier alpha value is -3.39. The Morgan fingerprint density at radius 3 is 2.43 bits per heavy atom. The van der Waals surface area contributed by atoms with Gasteiger partial charge in [0.1, 0.15) is 5.69 Å². The highest BCUT2D eigenvalue weighted by molar-refractivity contribution is 7.20. The number of anilines is 2. The van der Waals surface area contributed by atoms with Crippen molar-refractivity contribution in [3.05, 3.63) is 65.7 Å². The van der Waals surface area contributed by atoms with E-state index in [9.17, 15) is 4.79 Å². The molecule has 0 fully saturated rings. The third-order valence-electron chi connectivity index (χ3n) is 5.71. The smallest absolute Gasteiger partial charge is 0.240 e. The van der Waals surface area contributed by atoms with Crippen LogP contribution >= 0.6 is 11.3 Å². The van der Waals surface area contributed by atoms with Crippen molar-refractivity contribution in [3.8, 4) is 11.3 Å². The highest BCUT2D eigenvalue weighted by atomic mass is 32.1. The van der Waals surface area contributed by atoms with Crippen LogP contribution in [0.25, 0.3) is 16.2 Å². The number of amides is 1. The fourth-order valence-corrected chi connectivity index (χ4v) is 4.72. The maximum absolute atomic E-state index is 12.7. The first-order valence-electron chi connectivity index (χ1n) is 12.0. The van der Waals surface area contributed by atoms with Gasteiger partial charge in [-0.3, -0.25) is 4.79 Å². The second kappa shape index (κ2) is 10.1. The van der Waals surface area contributed by atoms with Gasteiger partial charge in [0.15, 0.2) is 5.82 Å². The molecule has 1 unspecified atom stereocenters. The van der Waals surface area contributed by atoms with Crippen LogP contribution in [-0.4, -0.2) is 39.6 Å². The molecular formula is C27H34N6OS. The van der Waals surface area contributed by atoms with E-state index < -0.39 is 0 Å². The van der Waals surface area contributed by atoms with Crippen LogP contribution in [-0.2, 0) is 11.2 Å². The Bertz CT molecular complexity index is 1290. The number of aromatic nitrogens is 3. The Labute approximate surface area is 211 Å². The van der Waals surface area contributed by atoms with Crippen LogP contribution in [0.4, 0.5) is 10.9 Å². The lowest BCUT2D eigenvalue weighted by Crippen LogP contribution is -2.36. The molecule has 2 heterocycles. The van der Waals surface area contributed by atoms with Crippen LogP contribution in [0, 0.1) is 0 Å². The molecule has 1 amide bonds. The summed E-state index contributed by atoms with van der Waals surface area (Å²) < 4.78 is 1.86. The molecule has 2 N–H and O–H groups in total. The van der Waals surface area contributed by atoms with Crippen molar-refractivity contribution in [2.24, 2.45) is 0 Å². The van der Waals surface area contributed by atoms with E-state index in [-0.39, 0.29) is 24.0 Å². The predicted molar refractivity (Wildman–Crippen MR) is 145 cm³/mol. The standard InChI is InChI=1S/C27H34N6OS/c1-7-19-13-15-21(16-14-19)23-24(30-27(3,4)5)33-25(29-23)35-26(31-33)32(6)17-22(34)28-18(2)20-11-9-8-10-12-20/h8-16,18,30H,7,17H2,1-6H3,(H,28,34). The Morgan fingerprint density at radius 2 is 1.80 bits per heavy atom. The van der Waals surface area contributed by atoms with E-state index in [0.717, 1.165) is 39.2 Å². The molecule has 8 heteroatoms. The lowest BCUT2D eigenvalue weighted by molar-refractivity contribution is -0.120. The predicted octanol–water partition coefficient (Wildman–Crippen LogP) is 5.54. The third kappa shape index (κ3) is 5.82. The lowest BCUT2D eigenvalue weighted by atomic mass is 10.1. The summed E-state index contributed by atoms with van der Waals surface area (Å²) in [7, 11) is 1.88. The van der Waals surface area contributed by atoms with E-state index in [2.05, 4.69) is 62.6 Å². The fraction of sp³-hybridized carbons (Fsp3) is 0.370. The van der Waals surface area contributed by atoms with Gasteiger partial charge in [0.05, 0.1) is 12.6 Å². The molecule has 2 aromatic carbocycles. The summed E-state index contributed by atoms with van der Waals surface area (Å²) in [5, 5.41) is 12.2. The van der Waals surface area contributed by atoms with Gasteiger partial charge < -0.3 is 15.5 Å². The largest absolute Gasteiger partial charge is 0.364 e. The number of aryl methyl sites for hydroxylation is 1. The molecule has 4 rings (SSSR count). The Morgan fingerprint density at radius 1 is 1.11 bits per heavy atom. The van der Waals surface area contributed by atoms with Gasteiger partial charge in [0.25, 0.3) is 0 Å². The maximum atomic E-state index is 12.7. The number of hydrogen-bond acceptors (Lipinski definition) is 6. The van der Waals surface area contributed by atoms with Gasteiger partial charge in [-0.1, -0.05) is 72.9 Å². The van der Waals surface area contributed by atoms with Gasteiger partial charge in [-0.05, 0) is 45.2 Å². The summed E-state index contributed by atoms with van der Waals surface area (Å²) in [5.74, 6) is 0.802. The zero-order chi connectivity index (χ0) is 25.2. The van der Waals surface area contributed by atoms with Crippen LogP contribution in [0.5, 0.6) is 0 Å². The third-order valence-corrected chi connectivity index (χ3v) is 6.73. The van der Waals surface area contributed by atoms with E-state index in [1.807, 2.05) is 53.7 Å². The number of rotatable bonds is 8. The second-order valence-corrected chi connectivity index (χ2v) is 10.8. The molecule has 0 saturated heterocycles. The molecule has 7 nitrogen and oxygen atoms in total. The number of fused-ring (bicyclic) bond motifs is 1. The van der Waals surface area contributed by atoms with Gasteiger partial charge in [0.2, 0.25) is 16.0 Å². The summed E-state index contributed by atoms with van der Waals surface area (Å²) in [4.78, 5) is 20.3. The average Bonchev–Trinajstić information content (AvgIpc) is 3.38. The number of hydrogen-bond donors (Lipinski definition) is 2. The molecule has 0 spiro atoms. The van der Waals surface area contributed by atoms with E-state index in [4.69, 9.17) is 10.1 Å². The van der Waals surface area contributed by atoms with Crippen molar-refractivity contribution < 1.29 is 4.79 Å². The minimum absolute atomic E-state index is 0.0542. The number of carbonyl (C=O) groups excluding carboxylic acids is 1. The fourth-order valence-electron chi connectivity index (χ4n) is 3.85. The Balaban J connectivity index is 1.56. The minimum atomic E-state index is -0.169. The van der Waals surface area contributed by atoms with Crippen molar-refractivity contribution in [3.63, 3.8) is 0 Å². The van der Waals surface area contributed by atoms with Crippen molar-refractivity contribution >= 4 is 33.2 Å². The van der Waals surface area contributed by atoms with Crippen LogP contribution in [0.1, 0.15) is 51.8 Å². The molecule has 35 heavy (non-hydrogen) atoms. The van der Waals surface area contributed by atoms with Crippen LogP contribution in [0.2, 0.25) is 0 Å². The average molecular weight is 491 g/mol. The highest BCUT2D eigenvalue weighted by Crippen LogP contribution is 2.34. The first kappa shape index (κ1) is 24.7. The van der Waals surface area contributed by atoms with E-state index >= 15 is 0 Å². The van der Waals surface area contributed by atoms with E-state index in [1.165, 1.54) is 16.9 Å². The maximum Gasteiger partial charge on any atom is 0.240 e. The second-order valence-electron chi connectivity index (χ2n) is 9.87. The molecule has 0 saturated carbocycles. The summed E-state index contributed by atoms with van der Waals surface area (Å²) in [6.07, 6.45) is 1.00. The van der Waals surface area contributed by atoms with E-state index in [0.29, 0.717) is 0 Å². The van der Waals surface area contributed by atoms with E-state index in [1.54, 1.807) is 0 Å². The monoisotopic (exact) mass is 490 g/mol. The van der Waals surface area contributed by atoms with Crippen molar-refractivity contribution in [1.82, 2.24) is 19.9 Å². The number of nitrogens with one attached hydrogen (secondary N) is 2. The van der Waals surface area contributed by atoms with Gasteiger partial charge in [-0.15, -0.1) is 5.10 Å². The van der Waals surface area contributed by atoms with Crippen LogP contribution in [0.3, 0.4) is 0 Å². The zero-order valence-electron chi connectivity index (χ0n) is 21.3. The Kier molecular flexibility index (Phi) is 7.12. The molecule has 1 atom stereocenters. The topological polar surface area (TPSA) is 74.6 Å². The lowest BCUT2D eigenvalue weighted by Gasteiger charge is -2.22. The number of imidazole rings is 1. The zero-order valence-corrected chi connectivity index (χ0v) is 22.1. The summed E-state index contributed by atoms with van der Waals surface area (Å²) in [5.41, 5.74) is 4.13. The molecule has 2 aromatic heterocycles. The van der Waals surface area contributed by atoms with Crippen LogP contribution in [0.15, 0.2) is 54.6 Å². The number of benzene rings is 2. The van der Waals surface area contributed by atoms with Gasteiger partial charge in [0, 0.05) is 18.2 Å². The van der Waals surface area contributed by atoms with Gasteiger partial charge in [-0.25, -0.2) is 4.98 Å². The highest BCUT2D eigenvalue weighted by Gasteiger charge is 2.23. The van der Waals surface area contributed by atoms with Crippen molar-refractivity contribution in [2.75, 3.05) is 23.8 Å². The first-order valence-corrected chi connectivity index (χ1v) is 12.8.